The average molecular weight is 426 g/mol. The Balaban J connectivity index is 1.51. The van der Waals surface area contributed by atoms with Crippen molar-refractivity contribution >= 4 is 11.6 Å². The lowest BCUT2D eigenvalue weighted by atomic mass is 10.1. The van der Waals surface area contributed by atoms with Gasteiger partial charge in [-0.2, -0.15) is 13.2 Å². The first-order valence-electron chi connectivity index (χ1n) is 8.84. The first kappa shape index (κ1) is 20.0. The number of amides is 1. The minimum Gasteiger partial charge on any atom is -0.437 e. The van der Waals surface area contributed by atoms with Gasteiger partial charge in [-0.05, 0) is 24.3 Å². The summed E-state index contributed by atoms with van der Waals surface area (Å²) in [6.07, 6.45) is 0.960. The van der Waals surface area contributed by atoms with Gasteiger partial charge in [-0.1, -0.05) is 23.4 Å². The molecule has 0 aliphatic carbocycles. The molecule has 156 valence electrons. The lowest BCUT2D eigenvalue weighted by molar-refractivity contribution is -0.137. The van der Waals surface area contributed by atoms with Crippen molar-refractivity contribution in [1.82, 2.24) is 25.0 Å². The Kier molecular flexibility index (Phi) is 5.31. The van der Waals surface area contributed by atoms with Crippen molar-refractivity contribution in [2.45, 2.75) is 6.18 Å². The van der Waals surface area contributed by atoms with Gasteiger partial charge < -0.3 is 10.1 Å². The van der Waals surface area contributed by atoms with Crippen LogP contribution in [0.25, 0.3) is 5.69 Å². The molecule has 8 nitrogen and oxygen atoms in total. The van der Waals surface area contributed by atoms with Crippen LogP contribution in [0.1, 0.15) is 16.1 Å². The topological polar surface area (TPSA) is 94.8 Å². The number of hydrogen-bond acceptors (Lipinski definition) is 6. The van der Waals surface area contributed by atoms with Crippen molar-refractivity contribution < 1.29 is 22.7 Å². The third-order valence-corrected chi connectivity index (χ3v) is 4.04. The largest absolute Gasteiger partial charge is 0.437 e. The molecular weight excluding hydrogens is 413 g/mol. The third-order valence-electron chi connectivity index (χ3n) is 4.04. The van der Waals surface area contributed by atoms with E-state index in [2.05, 4.69) is 25.6 Å². The summed E-state index contributed by atoms with van der Waals surface area (Å²) in [6.45, 7) is 0. The molecule has 0 fully saturated rings. The fourth-order valence-electron chi connectivity index (χ4n) is 2.69. The van der Waals surface area contributed by atoms with Crippen LogP contribution in [0.5, 0.6) is 11.6 Å². The summed E-state index contributed by atoms with van der Waals surface area (Å²) in [7, 11) is 0. The summed E-state index contributed by atoms with van der Waals surface area (Å²) in [4.78, 5) is 20.4. The van der Waals surface area contributed by atoms with Crippen LogP contribution in [0.3, 0.4) is 0 Å². The number of ether oxygens (including phenoxy) is 1. The molecule has 1 amide bonds. The summed E-state index contributed by atoms with van der Waals surface area (Å²) in [6, 6.07) is 11.4. The zero-order valence-corrected chi connectivity index (χ0v) is 15.6. The standard InChI is InChI=1S/C20H13F3N6O2/c21-20(22,23)15-6-1-2-7-17(15)29-12-16(27-28-29)19(30)26-13-4-3-5-14(10-13)31-18-11-24-8-9-25-18/h1-12H,(H,26,30). The first-order chi connectivity index (χ1) is 14.9. The molecular formula is C20H13F3N6O2. The lowest BCUT2D eigenvalue weighted by Crippen LogP contribution is -2.12. The number of carbonyl (C=O) groups is 1. The van der Waals surface area contributed by atoms with Crippen LogP contribution in [0.2, 0.25) is 0 Å². The number of carbonyl (C=O) groups excluding carboxylic acids is 1. The monoisotopic (exact) mass is 426 g/mol. The highest BCUT2D eigenvalue weighted by Crippen LogP contribution is 2.33. The number of benzene rings is 2. The van der Waals surface area contributed by atoms with E-state index in [4.69, 9.17) is 4.74 Å². The Morgan fingerprint density at radius 2 is 1.90 bits per heavy atom. The molecule has 0 aliphatic heterocycles. The first-order valence-corrected chi connectivity index (χ1v) is 8.84. The van der Waals surface area contributed by atoms with Crippen molar-refractivity contribution in [2.24, 2.45) is 0 Å². The van der Waals surface area contributed by atoms with Gasteiger partial charge >= 0.3 is 6.18 Å². The maximum Gasteiger partial charge on any atom is 0.418 e. The van der Waals surface area contributed by atoms with E-state index in [9.17, 15) is 18.0 Å². The predicted octanol–water partition coefficient (Wildman–Crippen LogP) is 4.12. The molecule has 0 aliphatic rings. The summed E-state index contributed by atoms with van der Waals surface area (Å²) < 4.78 is 46.1. The molecule has 0 radical (unpaired) electrons. The SMILES string of the molecule is O=C(Nc1cccc(Oc2cnccn2)c1)c1cn(-c2ccccc2C(F)(F)F)nn1. The Morgan fingerprint density at radius 3 is 2.68 bits per heavy atom. The van der Waals surface area contributed by atoms with Crippen LogP contribution >= 0.6 is 0 Å². The van der Waals surface area contributed by atoms with Gasteiger partial charge in [0.2, 0.25) is 5.88 Å². The average Bonchev–Trinajstić information content (AvgIpc) is 3.25. The summed E-state index contributed by atoms with van der Waals surface area (Å²) in [5, 5.41) is 9.95. The predicted molar refractivity (Wildman–Crippen MR) is 103 cm³/mol. The molecule has 2 heterocycles. The number of aromatic nitrogens is 5. The van der Waals surface area contributed by atoms with Gasteiger partial charge in [-0.15, -0.1) is 5.10 Å². The molecule has 0 atom stereocenters. The second-order valence-corrected chi connectivity index (χ2v) is 6.19. The van der Waals surface area contributed by atoms with Gasteiger partial charge in [0, 0.05) is 24.1 Å². The molecule has 0 unspecified atom stereocenters. The molecule has 2 aromatic carbocycles. The highest BCUT2D eigenvalue weighted by Gasteiger charge is 2.34. The number of anilines is 1. The molecule has 0 bridgehead atoms. The third kappa shape index (κ3) is 4.66. The van der Waals surface area contributed by atoms with Crippen molar-refractivity contribution in [3.05, 3.63) is 84.6 Å². The van der Waals surface area contributed by atoms with Crippen molar-refractivity contribution in [3.63, 3.8) is 0 Å². The van der Waals surface area contributed by atoms with Crippen LogP contribution in [0.15, 0.2) is 73.3 Å². The minimum atomic E-state index is -4.57. The molecule has 4 rings (SSSR count). The Hall–Kier alpha value is -4.28. The minimum absolute atomic E-state index is 0.155. The summed E-state index contributed by atoms with van der Waals surface area (Å²) in [5.74, 6) is 0.0331. The van der Waals surface area contributed by atoms with E-state index in [-0.39, 0.29) is 17.3 Å². The van der Waals surface area contributed by atoms with Crippen molar-refractivity contribution in [2.75, 3.05) is 5.32 Å². The lowest BCUT2D eigenvalue weighted by Gasteiger charge is -2.11. The van der Waals surface area contributed by atoms with Crippen LogP contribution in [-0.4, -0.2) is 30.9 Å². The maximum absolute atomic E-state index is 13.2. The molecule has 11 heteroatoms. The van der Waals surface area contributed by atoms with Crippen LogP contribution in [-0.2, 0) is 6.18 Å². The van der Waals surface area contributed by atoms with E-state index in [1.807, 2.05) is 0 Å². The highest BCUT2D eigenvalue weighted by molar-refractivity contribution is 6.02. The number of hydrogen-bond donors (Lipinski definition) is 1. The van der Waals surface area contributed by atoms with E-state index < -0.39 is 17.6 Å². The van der Waals surface area contributed by atoms with E-state index in [1.165, 1.54) is 36.8 Å². The zero-order valence-electron chi connectivity index (χ0n) is 15.6. The van der Waals surface area contributed by atoms with E-state index >= 15 is 0 Å². The zero-order chi connectivity index (χ0) is 21.8. The van der Waals surface area contributed by atoms with Gasteiger partial charge in [0.1, 0.15) is 5.75 Å². The van der Waals surface area contributed by atoms with Gasteiger partial charge in [0.25, 0.3) is 5.91 Å². The Morgan fingerprint density at radius 1 is 1.06 bits per heavy atom. The number of para-hydroxylation sites is 1. The molecule has 1 N–H and O–H groups in total. The van der Waals surface area contributed by atoms with Crippen molar-refractivity contribution in [1.29, 1.82) is 0 Å². The number of nitrogens with zero attached hydrogens (tertiary/aromatic N) is 5. The molecule has 4 aromatic rings. The number of alkyl halides is 3. The molecule has 2 aromatic heterocycles. The highest BCUT2D eigenvalue weighted by atomic mass is 19.4. The van der Waals surface area contributed by atoms with Crippen LogP contribution in [0, 0.1) is 0 Å². The number of rotatable bonds is 5. The normalized spacial score (nSPS) is 11.2. The van der Waals surface area contributed by atoms with E-state index in [0.717, 1.165) is 16.9 Å². The quantitative estimate of drug-likeness (QED) is 0.516. The van der Waals surface area contributed by atoms with Gasteiger partial charge in [-0.25, -0.2) is 9.67 Å². The van der Waals surface area contributed by atoms with Crippen molar-refractivity contribution in [3.8, 4) is 17.3 Å². The Labute approximate surface area is 173 Å². The smallest absolute Gasteiger partial charge is 0.418 e. The van der Waals surface area contributed by atoms with Crippen LogP contribution < -0.4 is 10.1 Å². The second-order valence-electron chi connectivity index (χ2n) is 6.19. The second kappa shape index (κ2) is 8.22. The van der Waals surface area contributed by atoms with Gasteiger partial charge in [0.15, 0.2) is 5.69 Å². The van der Waals surface area contributed by atoms with E-state index in [1.54, 1.807) is 24.3 Å². The van der Waals surface area contributed by atoms with Gasteiger partial charge in [-0.3, -0.25) is 9.78 Å². The molecule has 0 spiro atoms. The summed E-state index contributed by atoms with van der Waals surface area (Å²) in [5.41, 5.74) is -0.893. The molecule has 0 saturated heterocycles. The fourth-order valence-corrected chi connectivity index (χ4v) is 2.69. The molecule has 31 heavy (non-hydrogen) atoms. The fraction of sp³-hybridized carbons (Fsp3) is 0.0500. The number of halogens is 3. The molecule has 0 saturated carbocycles. The Bertz CT molecular complexity index is 1210. The summed E-state index contributed by atoms with van der Waals surface area (Å²) >= 11 is 0. The van der Waals surface area contributed by atoms with Gasteiger partial charge in [0.05, 0.1) is 23.6 Å². The number of nitrogens with one attached hydrogen (secondary N) is 1. The van der Waals surface area contributed by atoms with E-state index in [0.29, 0.717) is 11.4 Å². The maximum atomic E-state index is 13.2. The van der Waals surface area contributed by atoms with Crippen LogP contribution in [0.4, 0.5) is 18.9 Å².